The van der Waals surface area contributed by atoms with Crippen molar-refractivity contribution in [3.63, 3.8) is 0 Å². The smallest absolute Gasteiger partial charge is 0.225 e. The van der Waals surface area contributed by atoms with Crippen LogP contribution in [0, 0.1) is 17.5 Å². The topological polar surface area (TPSA) is 49.8 Å². The fraction of sp³-hybridized carbons (Fsp3) is 0.412. The van der Waals surface area contributed by atoms with E-state index in [4.69, 9.17) is 0 Å². The van der Waals surface area contributed by atoms with Gasteiger partial charge in [-0.05, 0) is 38.3 Å². The third-order valence-electron chi connectivity index (χ3n) is 4.03. The second-order valence-electron chi connectivity index (χ2n) is 6.07. The number of hydrogen-bond acceptors (Lipinski definition) is 4. The van der Waals surface area contributed by atoms with E-state index in [9.17, 15) is 13.2 Å². The fourth-order valence-corrected chi connectivity index (χ4v) is 2.28. The molecule has 3 rings (SSSR count). The van der Waals surface area contributed by atoms with E-state index in [0.29, 0.717) is 11.9 Å². The van der Waals surface area contributed by atoms with Gasteiger partial charge in [0.2, 0.25) is 5.95 Å². The molecule has 2 aromatic rings. The number of halogens is 3. The van der Waals surface area contributed by atoms with Crippen molar-refractivity contribution >= 4 is 17.5 Å². The highest BCUT2D eigenvalue weighted by Gasteiger charge is 2.26. The van der Waals surface area contributed by atoms with E-state index in [1.807, 2.05) is 13.8 Å². The minimum Gasteiger partial charge on any atom is -0.352 e. The molecule has 1 saturated carbocycles. The van der Waals surface area contributed by atoms with E-state index in [1.165, 1.54) is 0 Å². The summed E-state index contributed by atoms with van der Waals surface area (Å²) in [7, 11) is 0. The minimum atomic E-state index is -1.27. The Bertz CT molecular complexity index is 747. The number of nitrogens with one attached hydrogen (secondary N) is 2. The van der Waals surface area contributed by atoms with Gasteiger partial charge in [-0.2, -0.15) is 4.98 Å². The highest BCUT2D eigenvalue weighted by atomic mass is 19.2. The summed E-state index contributed by atoms with van der Waals surface area (Å²) in [5.74, 6) is -2.29. The van der Waals surface area contributed by atoms with Gasteiger partial charge >= 0.3 is 0 Å². The quantitative estimate of drug-likeness (QED) is 0.749. The predicted octanol–water partition coefficient (Wildman–Crippen LogP) is 4.73. The minimum absolute atomic E-state index is 0.162. The first-order chi connectivity index (χ1) is 11.5. The monoisotopic (exact) mass is 336 g/mol. The van der Waals surface area contributed by atoms with Crippen molar-refractivity contribution in [2.24, 2.45) is 0 Å². The molecule has 1 aliphatic carbocycles. The van der Waals surface area contributed by atoms with Crippen molar-refractivity contribution in [2.45, 2.75) is 45.1 Å². The molecule has 4 nitrogen and oxygen atoms in total. The first-order valence-corrected chi connectivity index (χ1v) is 8.04. The predicted molar refractivity (Wildman–Crippen MR) is 87.0 cm³/mol. The van der Waals surface area contributed by atoms with Gasteiger partial charge in [0, 0.05) is 18.0 Å². The zero-order valence-electron chi connectivity index (χ0n) is 13.5. The SMILES string of the molecule is CC[C@H](C)Nc1nc(Nc2c(F)ccc(F)c2F)cc(C2CC2)n1. The lowest BCUT2D eigenvalue weighted by molar-refractivity contribution is 0.499. The Balaban J connectivity index is 1.94. The van der Waals surface area contributed by atoms with Crippen molar-refractivity contribution < 1.29 is 13.2 Å². The molecule has 0 saturated heterocycles. The maximum atomic E-state index is 13.8. The number of benzene rings is 1. The Labute approximate surface area is 138 Å². The van der Waals surface area contributed by atoms with Crippen molar-refractivity contribution in [1.82, 2.24) is 9.97 Å². The van der Waals surface area contributed by atoms with Crippen LogP contribution >= 0.6 is 0 Å². The van der Waals surface area contributed by atoms with Gasteiger partial charge < -0.3 is 10.6 Å². The van der Waals surface area contributed by atoms with Gasteiger partial charge in [0.1, 0.15) is 17.3 Å². The van der Waals surface area contributed by atoms with Gasteiger partial charge in [0.05, 0.1) is 5.69 Å². The van der Waals surface area contributed by atoms with Crippen LogP contribution in [0.2, 0.25) is 0 Å². The van der Waals surface area contributed by atoms with Crippen LogP contribution in [0.15, 0.2) is 18.2 Å². The van der Waals surface area contributed by atoms with Crippen molar-refractivity contribution in [2.75, 3.05) is 10.6 Å². The van der Waals surface area contributed by atoms with Crippen molar-refractivity contribution in [3.8, 4) is 0 Å². The summed E-state index contributed by atoms with van der Waals surface area (Å²) < 4.78 is 41.0. The first kappa shape index (κ1) is 16.5. The maximum Gasteiger partial charge on any atom is 0.225 e. The summed E-state index contributed by atoms with van der Waals surface area (Å²) in [6, 6.07) is 3.45. The normalized spacial score (nSPS) is 15.2. The molecule has 0 aliphatic heterocycles. The molecule has 0 unspecified atom stereocenters. The van der Waals surface area contributed by atoms with Gasteiger partial charge in [0.15, 0.2) is 11.6 Å². The molecule has 1 aromatic carbocycles. The van der Waals surface area contributed by atoms with Crippen LogP contribution in [-0.4, -0.2) is 16.0 Å². The first-order valence-electron chi connectivity index (χ1n) is 8.04. The lowest BCUT2D eigenvalue weighted by atomic mass is 10.2. The van der Waals surface area contributed by atoms with E-state index < -0.39 is 23.1 Å². The zero-order valence-corrected chi connectivity index (χ0v) is 13.5. The van der Waals surface area contributed by atoms with Gasteiger partial charge in [-0.1, -0.05) is 6.92 Å². The van der Waals surface area contributed by atoms with E-state index in [1.54, 1.807) is 6.07 Å². The van der Waals surface area contributed by atoms with E-state index in [-0.39, 0.29) is 11.9 Å². The average molecular weight is 336 g/mol. The molecule has 0 spiro atoms. The molecule has 0 radical (unpaired) electrons. The molecule has 1 aromatic heterocycles. The molecule has 1 heterocycles. The molecule has 7 heteroatoms. The van der Waals surface area contributed by atoms with Crippen LogP contribution in [0.5, 0.6) is 0 Å². The molecule has 1 atom stereocenters. The molecule has 0 amide bonds. The highest BCUT2D eigenvalue weighted by molar-refractivity contribution is 5.59. The molecule has 1 fully saturated rings. The van der Waals surface area contributed by atoms with Crippen LogP contribution in [0.25, 0.3) is 0 Å². The molecule has 1 aliphatic rings. The average Bonchev–Trinajstić information content (AvgIpc) is 3.40. The standard InChI is InChI=1S/C17H19F3N4/c1-3-9(2)21-17-22-13(10-4-5-10)8-14(24-17)23-16-12(19)7-6-11(18)15(16)20/h6-10H,3-5H2,1-2H3,(H2,21,22,23,24)/t9-/m0/s1. The summed E-state index contributed by atoms with van der Waals surface area (Å²) in [4.78, 5) is 8.71. The highest BCUT2D eigenvalue weighted by Crippen LogP contribution is 2.40. The van der Waals surface area contributed by atoms with E-state index >= 15 is 0 Å². The Kier molecular flexibility index (Phi) is 4.59. The Hall–Kier alpha value is -2.31. The van der Waals surface area contributed by atoms with Crippen LogP contribution in [0.1, 0.15) is 44.7 Å². The third-order valence-corrected chi connectivity index (χ3v) is 4.03. The van der Waals surface area contributed by atoms with Crippen molar-refractivity contribution in [3.05, 3.63) is 41.3 Å². The molecular weight excluding hydrogens is 317 g/mol. The number of anilines is 3. The Morgan fingerprint density at radius 1 is 1.17 bits per heavy atom. The summed E-state index contributed by atoms with van der Waals surface area (Å²) in [6.45, 7) is 4.02. The van der Waals surface area contributed by atoms with Gasteiger partial charge in [-0.25, -0.2) is 18.2 Å². The molecule has 2 N–H and O–H groups in total. The lowest BCUT2D eigenvalue weighted by Gasteiger charge is -2.15. The fourth-order valence-electron chi connectivity index (χ4n) is 2.28. The molecule has 0 bridgehead atoms. The van der Waals surface area contributed by atoms with Crippen LogP contribution in [0.3, 0.4) is 0 Å². The summed E-state index contributed by atoms with van der Waals surface area (Å²) in [6.07, 6.45) is 2.94. The van der Waals surface area contributed by atoms with Crippen LogP contribution in [0.4, 0.5) is 30.6 Å². The van der Waals surface area contributed by atoms with Gasteiger partial charge in [-0.15, -0.1) is 0 Å². The number of nitrogens with zero attached hydrogens (tertiary/aromatic N) is 2. The summed E-state index contributed by atoms with van der Waals surface area (Å²) >= 11 is 0. The van der Waals surface area contributed by atoms with Crippen LogP contribution in [-0.2, 0) is 0 Å². The number of aromatic nitrogens is 2. The van der Waals surface area contributed by atoms with E-state index in [0.717, 1.165) is 37.1 Å². The summed E-state index contributed by atoms with van der Waals surface area (Å²) in [5.41, 5.74) is 0.264. The molecule has 24 heavy (non-hydrogen) atoms. The zero-order chi connectivity index (χ0) is 17.3. The lowest BCUT2D eigenvalue weighted by Crippen LogP contribution is -2.17. The Morgan fingerprint density at radius 3 is 2.54 bits per heavy atom. The van der Waals surface area contributed by atoms with E-state index in [2.05, 4.69) is 20.6 Å². The third kappa shape index (κ3) is 3.60. The largest absolute Gasteiger partial charge is 0.352 e. The maximum absolute atomic E-state index is 13.8. The molecular formula is C17H19F3N4. The number of hydrogen-bond donors (Lipinski definition) is 2. The van der Waals surface area contributed by atoms with Crippen molar-refractivity contribution in [1.29, 1.82) is 0 Å². The van der Waals surface area contributed by atoms with Crippen LogP contribution < -0.4 is 10.6 Å². The van der Waals surface area contributed by atoms with Gasteiger partial charge in [-0.3, -0.25) is 0 Å². The molecule has 128 valence electrons. The Morgan fingerprint density at radius 2 is 1.88 bits per heavy atom. The number of rotatable bonds is 6. The summed E-state index contributed by atoms with van der Waals surface area (Å²) in [5, 5.41) is 5.71. The second kappa shape index (κ2) is 6.67. The second-order valence-corrected chi connectivity index (χ2v) is 6.07. The van der Waals surface area contributed by atoms with Gasteiger partial charge in [0.25, 0.3) is 0 Å².